The van der Waals surface area contributed by atoms with E-state index >= 15 is 0 Å². The van der Waals surface area contributed by atoms with Crippen LogP contribution in [0.4, 0.5) is 4.39 Å². The van der Waals surface area contributed by atoms with E-state index in [2.05, 4.69) is 25.8 Å². The Morgan fingerprint density at radius 3 is 2.16 bits per heavy atom. The molecule has 1 aromatic carbocycles. The summed E-state index contributed by atoms with van der Waals surface area (Å²) in [4.78, 5) is 15.9. The van der Waals surface area contributed by atoms with Crippen molar-refractivity contribution in [3.05, 3.63) is 65.2 Å². The number of nitrogens with zero attached hydrogens (tertiary/aromatic N) is 1. The number of rotatable bonds is 2. The maximum atomic E-state index is 12.8. The zero-order valence-electron chi connectivity index (χ0n) is 11.3. The van der Waals surface area contributed by atoms with E-state index < -0.39 is 5.82 Å². The molecule has 0 spiro atoms. The molecule has 0 radical (unpaired) electrons. The van der Waals surface area contributed by atoms with E-state index in [0.717, 1.165) is 11.8 Å². The van der Waals surface area contributed by atoms with Gasteiger partial charge in [0.05, 0.1) is 6.20 Å². The van der Waals surface area contributed by atoms with Gasteiger partial charge >= 0.3 is 0 Å². The summed E-state index contributed by atoms with van der Waals surface area (Å²) < 4.78 is 12.8. The highest BCUT2D eigenvalue weighted by Gasteiger charge is 2.15. The van der Waals surface area contributed by atoms with Gasteiger partial charge in [-0.1, -0.05) is 45.0 Å². The van der Waals surface area contributed by atoms with E-state index in [0.29, 0.717) is 5.56 Å². The minimum Gasteiger partial charge on any atom is -0.287 e. The predicted octanol–water partition coefficient (Wildman–Crippen LogP) is 3.75. The van der Waals surface area contributed by atoms with Crippen molar-refractivity contribution < 1.29 is 9.18 Å². The smallest absolute Gasteiger partial charge is 0.211 e. The molecule has 0 fully saturated rings. The van der Waals surface area contributed by atoms with Crippen molar-refractivity contribution in [1.82, 2.24) is 4.98 Å². The van der Waals surface area contributed by atoms with Crippen LogP contribution in [-0.4, -0.2) is 10.8 Å². The summed E-state index contributed by atoms with van der Waals surface area (Å²) in [5.74, 6) is -0.639. The molecule has 0 bridgehead atoms. The number of aromatic nitrogens is 1. The van der Waals surface area contributed by atoms with Gasteiger partial charge in [-0.15, -0.1) is 0 Å². The first-order chi connectivity index (χ1) is 8.88. The average molecular weight is 257 g/mol. The number of carbonyl (C=O) groups is 1. The molecule has 1 aromatic heterocycles. The van der Waals surface area contributed by atoms with Crippen LogP contribution < -0.4 is 0 Å². The second-order valence-electron chi connectivity index (χ2n) is 5.52. The van der Waals surface area contributed by atoms with Gasteiger partial charge in [-0.05, 0) is 23.1 Å². The molecule has 0 unspecified atom stereocenters. The summed E-state index contributed by atoms with van der Waals surface area (Å²) in [6, 6.07) is 10.1. The summed E-state index contributed by atoms with van der Waals surface area (Å²) in [5.41, 5.74) is 2.03. The van der Waals surface area contributed by atoms with Crippen LogP contribution >= 0.6 is 0 Å². The molecule has 1 heterocycles. The zero-order valence-corrected chi connectivity index (χ0v) is 11.3. The molecule has 0 saturated heterocycles. The SMILES string of the molecule is CC(C)(C)c1ccc(C(=O)c2ccc(F)cn2)cc1. The monoisotopic (exact) mass is 257 g/mol. The van der Waals surface area contributed by atoms with E-state index in [4.69, 9.17) is 0 Å². The van der Waals surface area contributed by atoms with Gasteiger partial charge in [0, 0.05) is 5.56 Å². The summed E-state index contributed by atoms with van der Waals surface area (Å²) in [6.07, 6.45) is 1.05. The Kier molecular flexibility index (Phi) is 3.47. The number of hydrogen-bond donors (Lipinski definition) is 0. The summed E-state index contributed by atoms with van der Waals surface area (Å²) in [5, 5.41) is 0. The summed E-state index contributed by atoms with van der Waals surface area (Å²) in [6.45, 7) is 6.35. The minimum atomic E-state index is -0.445. The maximum absolute atomic E-state index is 12.8. The first-order valence-corrected chi connectivity index (χ1v) is 6.15. The third-order valence-electron chi connectivity index (χ3n) is 2.97. The van der Waals surface area contributed by atoms with E-state index in [9.17, 15) is 9.18 Å². The Morgan fingerprint density at radius 1 is 1.05 bits per heavy atom. The molecule has 2 rings (SSSR count). The highest BCUT2D eigenvalue weighted by molar-refractivity contribution is 6.07. The Labute approximate surface area is 112 Å². The molecule has 0 amide bonds. The Balaban J connectivity index is 2.27. The van der Waals surface area contributed by atoms with Gasteiger partial charge < -0.3 is 0 Å². The molecule has 19 heavy (non-hydrogen) atoms. The third-order valence-corrected chi connectivity index (χ3v) is 2.97. The van der Waals surface area contributed by atoms with E-state index in [1.165, 1.54) is 12.1 Å². The minimum absolute atomic E-state index is 0.0513. The van der Waals surface area contributed by atoms with Crippen molar-refractivity contribution in [3.8, 4) is 0 Å². The van der Waals surface area contributed by atoms with Gasteiger partial charge in [-0.25, -0.2) is 9.37 Å². The quantitative estimate of drug-likeness (QED) is 0.767. The van der Waals surface area contributed by atoms with Crippen LogP contribution in [-0.2, 0) is 5.41 Å². The Hall–Kier alpha value is -2.03. The molecule has 0 saturated carbocycles. The van der Waals surface area contributed by atoms with Crippen LogP contribution in [0.25, 0.3) is 0 Å². The van der Waals surface area contributed by atoms with Gasteiger partial charge in [0.1, 0.15) is 11.5 Å². The van der Waals surface area contributed by atoms with E-state index in [-0.39, 0.29) is 16.9 Å². The molecule has 98 valence electrons. The van der Waals surface area contributed by atoms with Gasteiger partial charge in [0.25, 0.3) is 0 Å². The van der Waals surface area contributed by atoms with Gasteiger partial charge in [0.15, 0.2) is 0 Å². The van der Waals surface area contributed by atoms with Crippen molar-refractivity contribution >= 4 is 5.78 Å². The molecular formula is C16H16FNO. The van der Waals surface area contributed by atoms with Crippen molar-refractivity contribution in [1.29, 1.82) is 0 Å². The Morgan fingerprint density at radius 2 is 1.68 bits per heavy atom. The fourth-order valence-corrected chi connectivity index (χ4v) is 1.78. The molecular weight excluding hydrogens is 241 g/mol. The van der Waals surface area contributed by atoms with Gasteiger partial charge in [0.2, 0.25) is 5.78 Å². The normalized spacial score (nSPS) is 11.4. The van der Waals surface area contributed by atoms with Gasteiger partial charge in [-0.2, -0.15) is 0 Å². The first-order valence-electron chi connectivity index (χ1n) is 6.15. The maximum Gasteiger partial charge on any atom is 0.211 e. The lowest BCUT2D eigenvalue weighted by molar-refractivity contribution is 0.103. The summed E-state index contributed by atoms with van der Waals surface area (Å²) in [7, 11) is 0. The molecule has 0 aliphatic heterocycles. The lowest BCUT2D eigenvalue weighted by atomic mass is 9.86. The fraction of sp³-hybridized carbons (Fsp3) is 0.250. The van der Waals surface area contributed by atoms with Crippen molar-refractivity contribution in [2.45, 2.75) is 26.2 Å². The van der Waals surface area contributed by atoms with Crippen LogP contribution in [0.1, 0.15) is 42.4 Å². The van der Waals surface area contributed by atoms with E-state index in [1.807, 2.05) is 12.1 Å². The van der Waals surface area contributed by atoms with Gasteiger partial charge in [-0.3, -0.25) is 4.79 Å². The molecule has 0 aliphatic rings. The molecule has 2 aromatic rings. The number of ketones is 1. The number of halogens is 1. The molecule has 0 N–H and O–H groups in total. The lowest BCUT2D eigenvalue weighted by Gasteiger charge is -2.18. The number of pyridine rings is 1. The van der Waals surface area contributed by atoms with Crippen molar-refractivity contribution in [3.63, 3.8) is 0 Å². The number of carbonyl (C=O) groups excluding carboxylic acids is 1. The first kappa shape index (κ1) is 13.4. The Bertz CT molecular complexity index is 580. The van der Waals surface area contributed by atoms with Crippen LogP contribution in [0, 0.1) is 5.82 Å². The molecule has 3 heteroatoms. The standard InChI is InChI=1S/C16H16FNO/c1-16(2,3)12-6-4-11(5-7-12)15(19)14-9-8-13(17)10-18-14/h4-10H,1-3H3. The second kappa shape index (κ2) is 4.92. The average Bonchev–Trinajstić information content (AvgIpc) is 2.38. The molecule has 0 atom stereocenters. The molecule has 0 aliphatic carbocycles. The highest BCUT2D eigenvalue weighted by Crippen LogP contribution is 2.22. The zero-order chi connectivity index (χ0) is 14.0. The molecule has 2 nitrogen and oxygen atoms in total. The van der Waals surface area contributed by atoms with E-state index in [1.54, 1.807) is 12.1 Å². The number of hydrogen-bond acceptors (Lipinski definition) is 2. The second-order valence-corrected chi connectivity index (χ2v) is 5.52. The highest BCUT2D eigenvalue weighted by atomic mass is 19.1. The summed E-state index contributed by atoms with van der Waals surface area (Å²) >= 11 is 0. The van der Waals surface area contributed by atoms with Crippen molar-refractivity contribution in [2.24, 2.45) is 0 Å². The lowest BCUT2D eigenvalue weighted by Crippen LogP contribution is -2.11. The van der Waals surface area contributed by atoms with Crippen LogP contribution in [0.3, 0.4) is 0 Å². The third kappa shape index (κ3) is 3.05. The fourth-order valence-electron chi connectivity index (χ4n) is 1.78. The number of benzene rings is 1. The van der Waals surface area contributed by atoms with Crippen LogP contribution in [0.15, 0.2) is 42.6 Å². The van der Waals surface area contributed by atoms with Crippen LogP contribution in [0.5, 0.6) is 0 Å². The largest absolute Gasteiger partial charge is 0.287 e. The van der Waals surface area contributed by atoms with Crippen molar-refractivity contribution in [2.75, 3.05) is 0 Å². The van der Waals surface area contributed by atoms with Crippen LogP contribution in [0.2, 0.25) is 0 Å². The topological polar surface area (TPSA) is 30.0 Å². The predicted molar refractivity (Wildman–Crippen MR) is 72.8 cm³/mol.